The van der Waals surface area contributed by atoms with Gasteiger partial charge in [-0.2, -0.15) is 0 Å². The van der Waals surface area contributed by atoms with Gasteiger partial charge in [-0.3, -0.25) is 9.59 Å². The summed E-state index contributed by atoms with van der Waals surface area (Å²) in [5, 5.41) is 0. The van der Waals surface area contributed by atoms with Gasteiger partial charge in [0.15, 0.2) is 0 Å². The third kappa shape index (κ3) is 5.67. The predicted octanol–water partition coefficient (Wildman–Crippen LogP) is 6.80. The smallest absolute Gasteiger partial charge is 0.255 e. The lowest BCUT2D eigenvalue weighted by Crippen LogP contribution is -2.49. The van der Waals surface area contributed by atoms with Gasteiger partial charge in [0, 0.05) is 25.2 Å². The highest BCUT2D eigenvalue weighted by atomic mass is 19.1. The number of hydrogen-bond acceptors (Lipinski definition) is 3. The number of carbonyl (C=O) groups excluding carboxylic acids is 2. The molecule has 1 saturated heterocycles. The first-order valence-corrected chi connectivity index (χ1v) is 14.6. The molecule has 2 amide bonds. The molecule has 0 spiro atoms. The number of piperidine rings is 1. The zero-order valence-electron chi connectivity index (χ0n) is 23.8. The number of amides is 2. The predicted molar refractivity (Wildman–Crippen MR) is 161 cm³/mol. The van der Waals surface area contributed by atoms with Crippen LogP contribution in [0.2, 0.25) is 0 Å². The Balaban J connectivity index is 1.34. The van der Waals surface area contributed by atoms with Gasteiger partial charge in [0.2, 0.25) is 5.91 Å². The van der Waals surface area contributed by atoms with Crippen molar-refractivity contribution < 1.29 is 18.7 Å². The van der Waals surface area contributed by atoms with Gasteiger partial charge in [0.05, 0.1) is 19.1 Å². The SMILES string of the molecule is COc1ccc([C@H]2[C@H](C(=O)N3CCC(Cc4ccccc4)CC3)c3ccccc3C(=O)N2Cc2ccc(F)cc2)cc1. The van der Waals surface area contributed by atoms with Crippen molar-refractivity contribution in [3.63, 3.8) is 0 Å². The molecule has 6 rings (SSSR count). The standard InChI is InChI=1S/C36H35FN2O3/c1-42-30-17-13-28(14-18-30)34-33(36(41)38-21-19-26(20-22-38)23-25-7-3-2-4-8-25)31-9-5-6-10-32(31)35(40)39(34)24-27-11-15-29(37)16-12-27/h2-18,26,33-34H,19-24H2,1H3/t33-,34+/m1/s1. The van der Waals surface area contributed by atoms with Crippen molar-refractivity contribution in [2.24, 2.45) is 5.92 Å². The van der Waals surface area contributed by atoms with Crippen molar-refractivity contribution >= 4 is 11.8 Å². The normalized spacial score (nSPS) is 19.0. The van der Waals surface area contributed by atoms with Crippen LogP contribution in [0.5, 0.6) is 5.75 Å². The zero-order valence-corrected chi connectivity index (χ0v) is 23.8. The molecule has 214 valence electrons. The van der Waals surface area contributed by atoms with Crippen molar-refractivity contribution in [3.05, 3.63) is 137 Å². The summed E-state index contributed by atoms with van der Waals surface area (Å²) in [6, 6.07) is 31.3. The van der Waals surface area contributed by atoms with Gasteiger partial charge in [-0.05, 0) is 77.8 Å². The van der Waals surface area contributed by atoms with Crippen LogP contribution < -0.4 is 4.74 Å². The lowest BCUT2D eigenvalue weighted by atomic mass is 9.78. The van der Waals surface area contributed by atoms with Gasteiger partial charge in [0.1, 0.15) is 11.6 Å². The van der Waals surface area contributed by atoms with E-state index in [0.29, 0.717) is 30.3 Å². The summed E-state index contributed by atoms with van der Waals surface area (Å²) in [6.07, 6.45) is 2.91. The molecular formula is C36H35FN2O3. The van der Waals surface area contributed by atoms with Crippen molar-refractivity contribution in [2.75, 3.05) is 20.2 Å². The maximum Gasteiger partial charge on any atom is 0.255 e. The molecule has 0 aliphatic carbocycles. The third-order valence-corrected chi connectivity index (χ3v) is 8.72. The molecule has 2 aliphatic rings. The Morgan fingerprint density at radius 3 is 2.19 bits per heavy atom. The Labute approximate surface area is 246 Å². The average Bonchev–Trinajstić information content (AvgIpc) is 3.04. The molecule has 2 heterocycles. The van der Waals surface area contributed by atoms with E-state index in [1.54, 1.807) is 24.1 Å². The van der Waals surface area contributed by atoms with Crippen molar-refractivity contribution in [2.45, 2.75) is 37.8 Å². The Kier molecular flexibility index (Phi) is 8.04. The van der Waals surface area contributed by atoms with E-state index >= 15 is 0 Å². The van der Waals surface area contributed by atoms with Crippen LogP contribution in [0.3, 0.4) is 0 Å². The molecule has 0 unspecified atom stereocenters. The average molecular weight is 563 g/mol. The third-order valence-electron chi connectivity index (χ3n) is 8.72. The quantitative estimate of drug-likeness (QED) is 0.249. The minimum absolute atomic E-state index is 0.0398. The van der Waals surface area contributed by atoms with Gasteiger partial charge in [0.25, 0.3) is 5.91 Å². The molecule has 0 bridgehead atoms. The maximum atomic E-state index is 14.6. The molecule has 0 radical (unpaired) electrons. The highest BCUT2D eigenvalue weighted by Crippen LogP contribution is 2.45. The first kappa shape index (κ1) is 27.7. The van der Waals surface area contributed by atoms with Crippen LogP contribution in [0.1, 0.15) is 57.4 Å². The fourth-order valence-corrected chi connectivity index (χ4v) is 6.49. The van der Waals surface area contributed by atoms with E-state index in [9.17, 15) is 14.0 Å². The van der Waals surface area contributed by atoms with Gasteiger partial charge in [-0.1, -0.05) is 72.8 Å². The van der Waals surface area contributed by atoms with E-state index in [1.807, 2.05) is 59.5 Å². The number of ether oxygens (including phenoxy) is 1. The van der Waals surface area contributed by atoms with E-state index in [2.05, 4.69) is 24.3 Å². The summed E-state index contributed by atoms with van der Waals surface area (Å²) in [5.41, 5.74) is 4.29. The van der Waals surface area contributed by atoms with Crippen molar-refractivity contribution in [1.82, 2.24) is 9.80 Å². The molecule has 4 aromatic rings. The molecule has 4 aromatic carbocycles. The summed E-state index contributed by atoms with van der Waals surface area (Å²) in [5.74, 6) is 0.237. The lowest BCUT2D eigenvalue weighted by molar-refractivity contribution is -0.136. The first-order valence-electron chi connectivity index (χ1n) is 14.6. The topological polar surface area (TPSA) is 49.9 Å². The highest BCUT2D eigenvalue weighted by Gasteiger charge is 2.45. The van der Waals surface area contributed by atoms with Crippen LogP contribution in [0, 0.1) is 11.7 Å². The fourth-order valence-electron chi connectivity index (χ4n) is 6.49. The Hall–Kier alpha value is -4.45. The maximum absolute atomic E-state index is 14.6. The van der Waals surface area contributed by atoms with Gasteiger partial charge < -0.3 is 14.5 Å². The Morgan fingerprint density at radius 1 is 0.833 bits per heavy atom. The van der Waals surface area contributed by atoms with Crippen molar-refractivity contribution in [1.29, 1.82) is 0 Å². The number of likely N-dealkylation sites (tertiary alicyclic amines) is 1. The number of benzene rings is 4. The Bertz CT molecular complexity index is 1530. The van der Waals surface area contributed by atoms with Crippen molar-refractivity contribution in [3.8, 4) is 5.75 Å². The highest BCUT2D eigenvalue weighted by molar-refractivity contribution is 6.01. The number of fused-ring (bicyclic) bond motifs is 1. The molecule has 42 heavy (non-hydrogen) atoms. The number of halogens is 1. The second-order valence-corrected chi connectivity index (χ2v) is 11.3. The summed E-state index contributed by atoms with van der Waals surface area (Å²) < 4.78 is 19.1. The summed E-state index contributed by atoms with van der Waals surface area (Å²) in [4.78, 5) is 32.4. The van der Waals surface area contributed by atoms with E-state index in [0.717, 1.165) is 36.0 Å². The molecule has 2 aliphatic heterocycles. The molecule has 6 heteroatoms. The minimum atomic E-state index is -0.571. The summed E-state index contributed by atoms with van der Waals surface area (Å²) in [6.45, 7) is 1.64. The molecule has 0 aromatic heterocycles. The second-order valence-electron chi connectivity index (χ2n) is 11.3. The van der Waals surface area contributed by atoms with Gasteiger partial charge >= 0.3 is 0 Å². The molecule has 5 nitrogen and oxygen atoms in total. The molecule has 2 atom stereocenters. The zero-order chi connectivity index (χ0) is 29.1. The summed E-state index contributed by atoms with van der Waals surface area (Å²) in [7, 11) is 1.62. The van der Waals surface area contributed by atoms with E-state index in [1.165, 1.54) is 17.7 Å². The monoisotopic (exact) mass is 562 g/mol. The number of methoxy groups -OCH3 is 1. The van der Waals surface area contributed by atoms with Gasteiger partial charge in [-0.15, -0.1) is 0 Å². The fraction of sp³-hybridized carbons (Fsp3) is 0.278. The van der Waals surface area contributed by atoms with Crippen LogP contribution in [-0.4, -0.2) is 41.8 Å². The van der Waals surface area contributed by atoms with Crippen LogP contribution in [0.15, 0.2) is 103 Å². The first-order chi connectivity index (χ1) is 20.5. The number of rotatable bonds is 7. The van der Waals surface area contributed by atoms with Crippen LogP contribution in [-0.2, 0) is 17.8 Å². The lowest BCUT2D eigenvalue weighted by Gasteiger charge is -2.44. The van der Waals surface area contributed by atoms with Crippen LogP contribution >= 0.6 is 0 Å². The largest absolute Gasteiger partial charge is 0.497 e. The number of nitrogens with zero attached hydrogens (tertiary/aromatic N) is 2. The Morgan fingerprint density at radius 2 is 1.50 bits per heavy atom. The molecule has 0 N–H and O–H groups in total. The van der Waals surface area contributed by atoms with Crippen LogP contribution in [0.4, 0.5) is 4.39 Å². The minimum Gasteiger partial charge on any atom is -0.497 e. The van der Waals surface area contributed by atoms with Gasteiger partial charge in [-0.25, -0.2) is 4.39 Å². The summed E-state index contributed by atoms with van der Waals surface area (Å²) >= 11 is 0. The molecule has 0 saturated carbocycles. The van der Waals surface area contributed by atoms with Crippen LogP contribution in [0.25, 0.3) is 0 Å². The molecule has 1 fully saturated rings. The van der Waals surface area contributed by atoms with E-state index < -0.39 is 12.0 Å². The molecular weight excluding hydrogens is 527 g/mol. The number of hydrogen-bond donors (Lipinski definition) is 0. The van der Waals surface area contributed by atoms with E-state index in [4.69, 9.17) is 4.74 Å². The second kappa shape index (κ2) is 12.2. The van der Waals surface area contributed by atoms with E-state index in [-0.39, 0.29) is 24.2 Å². The number of carbonyl (C=O) groups is 2.